The van der Waals surface area contributed by atoms with Gasteiger partial charge in [0.25, 0.3) is 5.91 Å². The molecule has 0 saturated carbocycles. The molecule has 0 spiro atoms. The van der Waals surface area contributed by atoms with Gasteiger partial charge in [-0.2, -0.15) is 13.2 Å². The lowest BCUT2D eigenvalue weighted by molar-refractivity contribution is -0.137. The zero-order chi connectivity index (χ0) is 18.7. The van der Waals surface area contributed by atoms with Crippen molar-refractivity contribution in [3.05, 3.63) is 52.7 Å². The highest BCUT2D eigenvalue weighted by molar-refractivity contribution is 6.31. The van der Waals surface area contributed by atoms with E-state index in [2.05, 4.69) is 10.3 Å². The number of hydrogen-bond donors (Lipinski definition) is 1. The van der Waals surface area contributed by atoms with Crippen LogP contribution in [-0.2, 0) is 10.9 Å². The molecular weight excluding hydrogens is 371 g/mol. The van der Waals surface area contributed by atoms with Crippen LogP contribution in [0.2, 0.25) is 5.02 Å². The van der Waals surface area contributed by atoms with Gasteiger partial charge in [-0.1, -0.05) is 11.6 Å². The fourth-order valence-corrected chi connectivity index (χ4v) is 2.77. The lowest BCUT2D eigenvalue weighted by Crippen LogP contribution is -2.40. The van der Waals surface area contributed by atoms with Crippen molar-refractivity contribution < 1.29 is 22.7 Å². The number of ether oxygens (including phenoxy) is 1. The van der Waals surface area contributed by atoms with E-state index in [1.165, 1.54) is 18.3 Å². The summed E-state index contributed by atoms with van der Waals surface area (Å²) >= 11 is 5.61. The van der Waals surface area contributed by atoms with Crippen LogP contribution in [-0.4, -0.2) is 42.1 Å². The Hall–Kier alpha value is -2.32. The van der Waals surface area contributed by atoms with E-state index in [0.29, 0.717) is 31.9 Å². The number of halogens is 4. The number of pyridine rings is 1. The number of nitrogens with zero attached hydrogens (tertiary/aromatic N) is 2. The van der Waals surface area contributed by atoms with Gasteiger partial charge in [0.15, 0.2) is 0 Å². The quantitative estimate of drug-likeness (QED) is 0.868. The van der Waals surface area contributed by atoms with Crippen LogP contribution >= 0.6 is 11.6 Å². The second-order valence-corrected chi connectivity index (χ2v) is 6.06. The monoisotopic (exact) mass is 385 g/mol. The first-order valence-electron chi connectivity index (χ1n) is 7.81. The molecule has 1 fully saturated rings. The smallest absolute Gasteiger partial charge is 0.378 e. The van der Waals surface area contributed by atoms with Crippen molar-refractivity contribution >= 4 is 29.0 Å². The molecule has 0 aliphatic carbocycles. The van der Waals surface area contributed by atoms with Gasteiger partial charge in [0, 0.05) is 30.5 Å². The first kappa shape index (κ1) is 18.5. The van der Waals surface area contributed by atoms with E-state index in [1.54, 1.807) is 11.0 Å². The summed E-state index contributed by atoms with van der Waals surface area (Å²) in [5, 5.41) is 2.39. The molecule has 0 unspecified atom stereocenters. The first-order chi connectivity index (χ1) is 12.3. The summed E-state index contributed by atoms with van der Waals surface area (Å²) < 4.78 is 44.1. The van der Waals surface area contributed by atoms with Crippen LogP contribution in [0.4, 0.5) is 24.7 Å². The van der Waals surface area contributed by atoms with Gasteiger partial charge in [0.2, 0.25) is 0 Å². The third-order valence-electron chi connectivity index (χ3n) is 3.85. The molecule has 1 saturated heterocycles. The molecule has 9 heteroatoms. The number of carbonyl (C=O) groups excluding carboxylic acids is 1. The minimum Gasteiger partial charge on any atom is -0.378 e. The van der Waals surface area contributed by atoms with Gasteiger partial charge in [-0.3, -0.25) is 4.79 Å². The highest BCUT2D eigenvalue weighted by Crippen LogP contribution is 2.36. The molecule has 0 bridgehead atoms. The Morgan fingerprint density at radius 3 is 2.62 bits per heavy atom. The van der Waals surface area contributed by atoms with Crippen LogP contribution in [0.5, 0.6) is 0 Å². The zero-order valence-corrected chi connectivity index (χ0v) is 14.3. The number of hydrogen-bond acceptors (Lipinski definition) is 4. The summed E-state index contributed by atoms with van der Waals surface area (Å²) in [6.07, 6.45) is -3.13. The number of anilines is 2. The molecule has 0 radical (unpaired) electrons. The third-order valence-corrected chi connectivity index (χ3v) is 4.18. The fraction of sp³-hybridized carbons (Fsp3) is 0.294. The van der Waals surface area contributed by atoms with Crippen molar-refractivity contribution in [3.8, 4) is 0 Å². The van der Waals surface area contributed by atoms with Crippen LogP contribution in [0.1, 0.15) is 15.9 Å². The first-order valence-corrected chi connectivity index (χ1v) is 8.19. The maximum absolute atomic E-state index is 13.0. The predicted octanol–water partition coefficient (Wildman–Crippen LogP) is 3.97. The van der Waals surface area contributed by atoms with Crippen molar-refractivity contribution in [2.24, 2.45) is 0 Å². The fourth-order valence-electron chi connectivity index (χ4n) is 2.55. The number of rotatable bonds is 3. The van der Waals surface area contributed by atoms with Gasteiger partial charge in [0.1, 0.15) is 5.82 Å². The molecule has 1 aromatic carbocycles. The van der Waals surface area contributed by atoms with Crippen molar-refractivity contribution in [2.45, 2.75) is 6.18 Å². The summed E-state index contributed by atoms with van der Waals surface area (Å²) in [5.41, 5.74) is -0.371. The summed E-state index contributed by atoms with van der Waals surface area (Å²) in [6, 6.07) is 6.54. The van der Waals surface area contributed by atoms with Gasteiger partial charge in [-0.15, -0.1) is 0 Å². The minimum atomic E-state index is -4.56. The number of benzene rings is 1. The Balaban J connectivity index is 1.80. The van der Waals surface area contributed by atoms with E-state index in [4.69, 9.17) is 16.3 Å². The maximum Gasteiger partial charge on any atom is 0.417 e. The van der Waals surface area contributed by atoms with Gasteiger partial charge >= 0.3 is 6.18 Å². The molecular formula is C17H15ClF3N3O2. The highest BCUT2D eigenvalue weighted by atomic mass is 35.5. The standard InChI is InChI=1S/C17H15ClF3N3O2/c18-14-2-1-12(10-13(14)17(19,20)21)23-15-9-11(3-4-22-15)16(25)24-5-7-26-8-6-24/h1-4,9-10H,5-8H2,(H,22,23). The van der Waals surface area contributed by atoms with Crippen molar-refractivity contribution in [1.82, 2.24) is 9.88 Å². The topological polar surface area (TPSA) is 54.5 Å². The number of carbonyl (C=O) groups is 1. The molecule has 5 nitrogen and oxygen atoms in total. The SMILES string of the molecule is O=C(c1ccnc(Nc2ccc(Cl)c(C(F)(F)F)c2)c1)N1CCOCC1. The molecule has 0 atom stereocenters. The van der Waals surface area contributed by atoms with E-state index in [9.17, 15) is 18.0 Å². The van der Waals surface area contributed by atoms with E-state index in [-0.39, 0.29) is 22.4 Å². The molecule has 3 rings (SSSR count). The maximum atomic E-state index is 13.0. The third kappa shape index (κ3) is 4.25. The van der Waals surface area contributed by atoms with Crippen LogP contribution < -0.4 is 5.32 Å². The van der Waals surface area contributed by atoms with E-state index >= 15 is 0 Å². The molecule has 1 aliphatic rings. The Bertz CT molecular complexity index is 808. The Labute approximate surface area is 152 Å². The van der Waals surface area contributed by atoms with E-state index < -0.39 is 11.7 Å². The van der Waals surface area contributed by atoms with Crippen molar-refractivity contribution in [3.63, 3.8) is 0 Å². The Kier molecular flexibility index (Phi) is 5.33. The number of alkyl halides is 3. The van der Waals surface area contributed by atoms with E-state index in [0.717, 1.165) is 12.1 Å². The molecule has 1 amide bonds. The summed E-state index contributed by atoms with van der Waals surface area (Å²) in [7, 11) is 0. The number of nitrogens with one attached hydrogen (secondary N) is 1. The van der Waals surface area contributed by atoms with Crippen LogP contribution in [0.3, 0.4) is 0 Å². The van der Waals surface area contributed by atoms with Gasteiger partial charge in [0.05, 0.1) is 23.8 Å². The molecule has 138 valence electrons. The zero-order valence-electron chi connectivity index (χ0n) is 13.5. The number of amides is 1. The van der Waals surface area contributed by atoms with Crippen molar-refractivity contribution in [2.75, 3.05) is 31.6 Å². The average Bonchev–Trinajstić information content (AvgIpc) is 2.63. The molecule has 2 heterocycles. The van der Waals surface area contributed by atoms with Gasteiger partial charge in [-0.05, 0) is 30.3 Å². The normalized spacial score (nSPS) is 15.0. The molecule has 26 heavy (non-hydrogen) atoms. The largest absolute Gasteiger partial charge is 0.417 e. The van der Waals surface area contributed by atoms with Crippen LogP contribution in [0.15, 0.2) is 36.5 Å². The minimum absolute atomic E-state index is 0.171. The van der Waals surface area contributed by atoms with Gasteiger partial charge < -0.3 is 15.0 Å². The Morgan fingerprint density at radius 2 is 1.92 bits per heavy atom. The second-order valence-electron chi connectivity index (χ2n) is 5.65. The molecule has 1 N–H and O–H groups in total. The molecule has 1 aromatic heterocycles. The summed E-state index contributed by atoms with van der Waals surface area (Å²) in [4.78, 5) is 18.2. The van der Waals surface area contributed by atoms with Gasteiger partial charge in [-0.25, -0.2) is 4.98 Å². The van der Waals surface area contributed by atoms with E-state index in [1.807, 2.05) is 0 Å². The van der Waals surface area contributed by atoms with Crippen molar-refractivity contribution in [1.29, 1.82) is 0 Å². The average molecular weight is 386 g/mol. The summed E-state index contributed by atoms with van der Waals surface area (Å²) in [5.74, 6) is 0.0883. The predicted molar refractivity (Wildman–Crippen MR) is 90.7 cm³/mol. The molecule has 1 aliphatic heterocycles. The summed E-state index contributed by atoms with van der Waals surface area (Å²) in [6.45, 7) is 1.95. The highest BCUT2D eigenvalue weighted by Gasteiger charge is 2.33. The lowest BCUT2D eigenvalue weighted by Gasteiger charge is -2.26. The number of aromatic nitrogens is 1. The van der Waals surface area contributed by atoms with Crippen LogP contribution in [0.25, 0.3) is 0 Å². The molecule has 2 aromatic rings. The number of morpholine rings is 1. The Morgan fingerprint density at radius 1 is 1.19 bits per heavy atom. The van der Waals surface area contributed by atoms with Crippen LogP contribution in [0, 0.1) is 0 Å². The second kappa shape index (κ2) is 7.51. The lowest BCUT2D eigenvalue weighted by atomic mass is 10.2.